The predicted molar refractivity (Wildman–Crippen MR) is 197 cm³/mol. The summed E-state index contributed by atoms with van der Waals surface area (Å²) in [6.45, 7) is 12.9. The maximum Gasteiger partial charge on any atom is 0.306 e. The van der Waals surface area contributed by atoms with E-state index in [1.165, 1.54) is 38.5 Å². The molecule has 8 nitrogen and oxygen atoms in total. The van der Waals surface area contributed by atoms with Gasteiger partial charge in [0.1, 0.15) is 12.2 Å². The summed E-state index contributed by atoms with van der Waals surface area (Å²) in [5.74, 6) is -0.581. The Bertz CT molecular complexity index is 694. The second-order valence-corrected chi connectivity index (χ2v) is 11.9. The second-order valence-electron chi connectivity index (χ2n) is 11.9. The highest BCUT2D eigenvalue weighted by atomic mass is 16.6. The predicted octanol–water partition coefficient (Wildman–Crippen LogP) is 11.5. The first-order valence-corrected chi connectivity index (χ1v) is 17.9. The fourth-order valence-corrected chi connectivity index (χ4v) is 4.29. The van der Waals surface area contributed by atoms with Crippen molar-refractivity contribution in [3.8, 4) is 0 Å². The fourth-order valence-electron chi connectivity index (χ4n) is 4.29. The van der Waals surface area contributed by atoms with Crippen molar-refractivity contribution < 1.29 is 38.1 Å². The van der Waals surface area contributed by atoms with Gasteiger partial charge >= 0.3 is 23.9 Å². The molecule has 0 rings (SSSR count). The normalized spacial score (nSPS) is 11.2. The van der Waals surface area contributed by atoms with Gasteiger partial charge in [0.15, 0.2) is 0 Å². The summed E-state index contributed by atoms with van der Waals surface area (Å²) in [6, 6.07) is 0. The first-order valence-electron chi connectivity index (χ1n) is 17.9. The molecule has 47 heavy (non-hydrogen) atoms. The van der Waals surface area contributed by atoms with Gasteiger partial charge in [-0.15, -0.1) is 0 Å². The van der Waals surface area contributed by atoms with E-state index in [0.29, 0.717) is 51.7 Å². The van der Waals surface area contributed by atoms with Crippen LogP contribution in [0.5, 0.6) is 0 Å². The second kappa shape index (κ2) is 41.9. The van der Waals surface area contributed by atoms with Gasteiger partial charge in [0, 0.05) is 38.5 Å². The number of esters is 4. The zero-order valence-corrected chi connectivity index (χ0v) is 29.4. The van der Waals surface area contributed by atoms with Crippen molar-refractivity contribution in [2.75, 3.05) is 13.2 Å². The van der Waals surface area contributed by atoms with E-state index >= 15 is 0 Å². The first-order chi connectivity index (χ1) is 21.2. The van der Waals surface area contributed by atoms with E-state index in [2.05, 4.69) is 27.7 Å². The molecule has 0 aromatic carbocycles. The molecular weight excluding hydrogens is 596 g/mol. The number of unbranched alkanes of at least 4 members (excludes halogenated alkanes) is 12. The lowest BCUT2D eigenvalue weighted by molar-refractivity contribution is -0.152. The molecule has 0 radical (unpaired) electrons. The van der Waals surface area contributed by atoms with Crippen molar-refractivity contribution in [3.05, 3.63) is 0 Å². The monoisotopic (exact) mass is 677 g/mol. The molecule has 8 heteroatoms. The summed E-state index contributed by atoms with van der Waals surface area (Å²) >= 11 is 0. The molecule has 0 N–H and O–H groups in total. The molecule has 0 fully saturated rings. The SMILES string of the molecule is C.C.C.CCCCCC(=O)OCC[C@@H](C)OC(=O)CCCCC.CCCCCCCC(=O)OCC[C@@H](C)OC(=O)CCCCCCC. The maximum absolute atomic E-state index is 11.7. The van der Waals surface area contributed by atoms with Gasteiger partial charge in [-0.25, -0.2) is 0 Å². The zero-order valence-electron chi connectivity index (χ0n) is 29.4. The molecule has 0 unspecified atom stereocenters. The molecule has 0 aliphatic carbocycles. The van der Waals surface area contributed by atoms with Crippen LogP contribution in [0.2, 0.25) is 0 Å². The number of rotatable bonds is 28. The lowest BCUT2D eigenvalue weighted by atomic mass is 10.1. The molecule has 0 aliphatic rings. The molecule has 0 aromatic rings. The Kier molecular flexibility index (Phi) is 48.4. The largest absolute Gasteiger partial charge is 0.466 e. The van der Waals surface area contributed by atoms with Crippen molar-refractivity contribution >= 4 is 23.9 Å². The van der Waals surface area contributed by atoms with Gasteiger partial charge in [0.2, 0.25) is 0 Å². The van der Waals surface area contributed by atoms with E-state index in [-0.39, 0.29) is 58.4 Å². The van der Waals surface area contributed by atoms with Gasteiger partial charge in [-0.1, -0.05) is 127 Å². The van der Waals surface area contributed by atoms with Gasteiger partial charge in [0.05, 0.1) is 13.2 Å². The minimum atomic E-state index is -0.189. The van der Waals surface area contributed by atoms with Crippen molar-refractivity contribution in [2.24, 2.45) is 0 Å². The van der Waals surface area contributed by atoms with Gasteiger partial charge in [-0.05, 0) is 39.5 Å². The summed E-state index contributed by atoms with van der Waals surface area (Å²) < 4.78 is 20.9. The highest BCUT2D eigenvalue weighted by Gasteiger charge is 2.12. The Hall–Kier alpha value is -2.12. The molecule has 2 atom stereocenters. The van der Waals surface area contributed by atoms with E-state index in [1.54, 1.807) is 0 Å². The van der Waals surface area contributed by atoms with Crippen LogP contribution in [-0.4, -0.2) is 49.3 Å². The van der Waals surface area contributed by atoms with Crippen LogP contribution in [0.1, 0.15) is 205 Å². The number of carbonyl (C=O) groups is 4. The molecule has 0 saturated carbocycles. The lowest BCUT2D eigenvalue weighted by Crippen LogP contribution is -2.18. The Morgan fingerprint density at radius 3 is 0.979 bits per heavy atom. The van der Waals surface area contributed by atoms with E-state index in [1.807, 2.05) is 13.8 Å². The van der Waals surface area contributed by atoms with E-state index in [0.717, 1.165) is 64.2 Å². The maximum atomic E-state index is 11.7. The summed E-state index contributed by atoms with van der Waals surface area (Å²) in [6.07, 6.45) is 20.0. The standard InChI is InChI=1S/C20H38O4.C16H30O4.3CH4/c1-4-6-8-10-12-14-19(21)23-17-16-18(3)24-20(22)15-13-11-9-7-5-2;1-4-6-8-10-15(17)19-13-12-14(3)20-16(18)11-9-7-5-2;;;/h18H,4-17H2,1-3H3;14H,4-13H2,1-3H3;3*1H4/t18-;14-;;;/m11.../s1. The number of carbonyl (C=O) groups excluding carboxylic acids is 4. The van der Waals surface area contributed by atoms with Crippen molar-refractivity contribution in [2.45, 2.75) is 217 Å². The number of ether oxygens (including phenoxy) is 4. The molecule has 0 bridgehead atoms. The Labute approximate surface area is 292 Å². The summed E-state index contributed by atoms with van der Waals surface area (Å²) in [5, 5.41) is 0. The minimum Gasteiger partial charge on any atom is -0.466 e. The van der Waals surface area contributed by atoms with Gasteiger partial charge in [-0.2, -0.15) is 0 Å². The fraction of sp³-hybridized carbons (Fsp3) is 0.897. The van der Waals surface area contributed by atoms with E-state index in [9.17, 15) is 19.2 Å². The molecule has 0 heterocycles. The van der Waals surface area contributed by atoms with Crippen LogP contribution in [-0.2, 0) is 38.1 Å². The van der Waals surface area contributed by atoms with E-state index in [4.69, 9.17) is 18.9 Å². The Balaban J connectivity index is -0.000000239. The highest BCUT2D eigenvalue weighted by Crippen LogP contribution is 2.10. The molecule has 0 amide bonds. The van der Waals surface area contributed by atoms with Crippen LogP contribution in [0.15, 0.2) is 0 Å². The Morgan fingerprint density at radius 2 is 0.660 bits per heavy atom. The van der Waals surface area contributed by atoms with Crippen LogP contribution in [0.4, 0.5) is 0 Å². The van der Waals surface area contributed by atoms with Crippen LogP contribution < -0.4 is 0 Å². The summed E-state index contributed by atoms with van der Waals surface area (Å²) in [4.78, 5) is 46.1. The van der Waals surface area contributed by atoms with Crippen LogP contribution in [0.3, 0.4) is 0 Å². The molecule has 0 spiro atoms. The Morgan fingerprint density at radius 1 is 0.404 bits per heavy atom. The lowest BCUT2D eigenvalue weighted by Gasteiger charge is -2.13. The van der Waals surface area contributed by atoms with Crippen molar-refractivity contribution in [1.82, 2.24) is 0 Å². The van der Waals surface area contributed by atoms with Gasteiger partial charge in [0.25, 0.3) is 0 Å². The molecule has 0 aliphatic heterocycles. The first kappa shape index (κ1) is 54.3. The van der Waals surface area contributed by atoms with Gasteiger partial charge < -0.3 is 18.9 Å². The molecule has 0 saturated heterocycles. The van der Waals surface area contributed by atoms with Crippen LogP contribution in [0, 0.1) is 0 Å². The highest BCUT2D eigenvalue weighted by molar-refractivity contribution is 5.70. The van der Waals surface area contributed by atoms with Crippen LogP contribution in [0.25, 0.3) is 0 Å². The van der Waals surface area contributed by atoms with Crippen molar-refractivity contribution in [1.29, 1.82) is 0 Å². The summed E-state index contributed by atoms with van der Waals surface area (Å²) in [7, 11) is 0. The average Bonchev–Trinajstić information content (AvgIpc) is 2.97. The average molecular weight is 677 g/mol. The molecule has 0 aromatic heterocycles. The smallest absolute Gasteiger partial charge is 0.306 e. The quantitative estimate of drug-likeness (QED) is 0.0458. The number of hydrogen-bond acceptors (Lipinski definition) is 8. The molecular formula is C39H80O8. The third-order valence-electron chi connectivity index (χ3n) is 7.18. The summed E-state index contributed by atoms with van der Waals surface area (Å²) in [5.41, 5.74) is 0. The van der Waals surface area contributed by atoms with Crippen LogP contribution >= 0.6 is 0 Å². The zero-order chi connectivity index (χ0) is 33.3. The minimum absolute atomic E-state index is 0. The number of hydrogen-bond donors (Lipinski definition) is 0. The van der Waals surface area contributed by atoms with Gasteiger partial charge in [-0.3, -0.25) is 19.2 Å². The molecule has 284 valence electrons. The van der Waals surface area contributed by atoms with Crippen molar-refractivity contribution in [3.63, 3.8) is 0 Å². The van der Waals surface area contributed by atoms with E-state index < -0.39 is 0 Å². The third-order valence-corrected chi connectivity index (χ3v) is 7.18. The third kappa shape index (κ3) is 43.9. The topological polar surface area (TPSA) is 105 Å².